The Morgan fingerprint density at radius 3 is 2.35 bits per heavy atom. The Hall–Kier alpha value is -4.48. The Balaban J connectivity index is 1.46. The molecule has 2 aromatic heterocycles. The van der Waals surface area contributed by atoms with E-state index in [1.807, 2.05) is 6.92 Å². The van der Waals surface area contributed by atoms with Crippen molar-refractivity contribution in [3.05, 3.63) is 71.9 Å². The van der Waals surface area contributed by atoms with Crippen LogP contribution < -0.4 is 16.0 Å². The molecule has 3 amide bonds. The first-order valence-electron chi connectivity index (χ1n) is 11.5. The molecule has 9 nitrogen and oxygen atoms in total. The Bertz CT molecular complexity index is 1430. The molecule has 37 heavy (non-hydrogen) atoms. The Kier molecular flexibility index (Phi) is 7.37. The Labute approximate surface area is 210 Å². The van der Waals surface area contributed by atoms with Gasteiger partial charge in [0, 0.05) is 30.5 Å². The molecule has 0 bridgehead atoms. The summed E-state index contributed by atoms with van der Waals surface area (Å²) >= 11 is 0. The van der Waals surface area contributed by atoms with Gasteiger partial charge in [-0.2, -0.15) is 13.2 Å². The lowest BCUT2D eigenvalue weighted by Gasteiger charge is -2.15. The number of imidazole rings is 1. The first-order chi connectivity index (χ1) is 17.7. The SMILES string of the molecule is CCc1ncnc2c1ncn2-c1ccc(NC(=O)Nc2ccc(CCC(=O)NC)c(C(F)(F)F)c2)cc1. The molecule has 3 N–H and O–H groups in total. The van der Waals surface area contributed by atoms with Gasteiger partial charge in [0.05, 0.1) is 11.3 Å². The quantitative estimate of drug-likeness (QED) is 0.332. The molecule has 0 atom stereocenters. The van der Waals surface area contributed by atoms with Crippen LogP contribution in [-0.2, 0) is 23.8 Å². The fourth-order valence-electron chi connectivity index (χ4n) is 3.84. The van der Waals surface area contributed by atoms with E-state index in [0.717, 1.165) is 23.9 Å². The molecule has 0 unspecified atom stereocenters. The highest BCUT2D eigenvalue weighted by Crippen LogP contribution is 2.34. The van der Waals surface area contributed by atoms with E-state index in [1.54, 1.807) is 35.2 Å². The number of benzene rings is 2. The summed E-state index contributed by atoms with van der Waals surface area (Å²) in [7, 11) is 1.42. The molecule has 12 heteroatoms. The van der Waals surface area contributed by atoms with Crippen LogP contribution in [0.2, 0.25) is 0 Å². The highest BCUT2D eigenvalue weighted by molar-refractivity contribution is 5.99. The third-order valence-corrected chi connectivity index (χ3v) is 5.72. The lowest BCUT2D eigenvalue weighted by atomic mass is 10.0. The highest BCUT2D eigenvalue weighted by atomic mass is 19.4. The number of hydrogen-bond donors (Lipinski definition) is 3. The minimum atomic E-state index is -4.64. The van der Waals surface area contributed by atoms with Crippen molar-refractivity contribution in [3.63, 3.8) is 0 Å². The van der Waals surface area contributed by atoms with Crippen LogP contribution in [0.3, 0.4) is 0 Å². The number of rotatable bonds is 7. The van der Waals surface area contributed by atoms with Crippen molar-refractivity contribution in [3.8, 4) is 5.69 Å². The fourth-order valence-corrected chi connectivity index (χ4v) is 3.84. The molecule has 0 radical (unpaired) electrons. The zero-order valence-electron chi connectivity index (χ0n) is 20.1. The monoisotopic (exact) mass is 511 g/mol. The minimum absolute atomic E-state index is 0.0264. The van der Waals surface area contributed by atoms with E-state index in [9.17, 15) is 22.8 Å². The number of aromatic nitrogens is 4. The molecular weight excluding hydrogens is 487 g/mol. The van der Waals surface area contributed by atoms with Gasteiger partial charge in [0.2, 0.25) is 5.91 Å². The predicted octanol–water partition coefficient (Wildman–Crippen LogP) is 4.72. The van der Waals surface area contributed by atoms with Crippen molar-refractivity contribution in [2.75, 3.05) is 17.7 Å². The van der Waals surface area contributed by atoms with Crippen LogP contribution in [0.25, 0.3) is 16.9 Å². The van der Waals surface area contributed by atoms with Gasteiger partial charge in [0.15, 0.2) is 5.65 Å². The van der Waals surface area contributed by atoms with Gasteiger partial charge in [-0.1, -0.05) is 13.0 Å². The summed E-state index contributed by atoms with van der Waals surface area (Å²) in [4.78, 5) is 36.8. The standard InChI is InChI=1S/C25H24F3N7O2/c1-3-20-22-23(31-13-30-20)35(14-32-22)18-9-7-16(8-10-18)33-24(37)34-17-6-4-15(5-11-21(36)29-2)19(12-17)25(26,27)28/h4,6-10,12-14H,3,5,11H2,1-2H3,(H,29,36)(H2,33,34,37). The fraction of sp³-hybridized carbons (Fsp3) is 0.240. The average Bonchev–Trinajstić information content (AvgIpc) is 3.32. The summed E-state index contributed by atoms with van der Waals surface area (Å²) in [5.41, 5.74) is 2.45. The molecule has 4 aromatic rings. The maximum Gasteiger partial charge on any atom is 0.416 e. The predicted molar refractivity (Wildman–Crippen MR) is 133 cm³/mol. The van der Waals surface area contributed by atoms with Crippen LogP contribution in [0.1, 0.15) is 30.2 Å². The average molecular weight is 512 g/mol. The normalized spacial score (nSPS) is 11.4. The lowest BCUT2D eigenvalue weighted by Crippen LogP contribution is -2.21. The van der Waals surface area contributed by atoms with E-state index in [2.05, 4.69) is 30.9 Å². The third-order valence-electron chi connectivity index (χ3n) is 5.72. The van der Waals surface area contributed by atoms with Crippen LogP contribution in [0, 0.1) is 0 Å². The summed E-state index contributed by atoms with van der Waals surface area (Å²) in [5, 5.41) is 7.41. The molecule has 192 valence electrons. The zero-order valence-corrected chi connectivity index (χ0v) is 20.1. The number of urea groups is 1. The van der Waals surface area contributed by atoms with Crippen LogP contribution in [0.4, 0.5) is 29.3 Å². The van der Waals surface area contributed by atoms with Gasteiger partial charge < -0.3 is 16.0 Å². The largest absolute Gasteiger partial charge is 0.416 e. The second kappa shape index (κ2) is 10.6. The van der Waals surface area contributed by atoms with Crippen molar-refractivity contribution >= 4 is 34.5 Å². The molecule has 2 heterocycles. The van der Waals surface area contributed by atoms with Gasteiger partial charge >= 0.3 is 12.2 Å². The molecule has 0 aliphatic heterocycles. The maximum absolute atomic E-state index is 13.6. The first kappa shape index (κ1) is 25.6. The van der Waals surface area contributed by atoms with E-state index in [1.165, 1.54) is 25.5 Å². The number of aryl methyl sites for hydroxylation is 2. The number of alkyl halides is 3. The van der Waals surface area contributed by atoms with Gasteiger partial charge in [0.1, 0.15) is 18.2 Å². The van der Waals surface area contributed by atoms with E-state index < -0.39 is 17.8 Å². The third kappa shape index (κ3) is 5.85. The molecule has 2 aromatic carbocycles. The van der Waals surface area contributed by atoms with Gasteiger partial charge in [-0.15, -0.1) is 0 Å². The zero-order chi connectivity index (χ0) is 26.6. The summed E-state index contributed by atoms with van der Waals surface area (Å²) in [6.07, 6.45) is -0.947. The smallest absolute Gasteiger partial charge is 0.359 e. The molecule has 0 aliphatic carbocycles. The highest BCUT2D eigenvalue weighted by Gasteiger charge is 2.33. The van der Waals surface area contributed by atoms with E-state index in [0.29, 0.717) is 16.9 Å². The molecular formula is C25H24F3N7O2. The molecule has 0 aliphatic rings. The van der Waals surface area contributed by atoms with E-state index >= 15 is 0 Å². The van der Waals surface area contributed by atoms with Crippen LogP contribution in [0.5, 0.6) is 0 Å². The summed E-state index contributed by atoms with van der Waals surface area (Å²) < 4.78 is 42.5. The lowest BCUT2D eigenvalue weighted by molar-refractivity contribution is -0.138. The van der Waals surface area contributed by atoms with Crippen LogP contribution >= 0.6 is 0 Å². The van der Waals surface area contributed by atoms with Crippen molar-refractivity contribution in [1.29, 1.82) is 0 Å². The minimum Gasteiger partial charge on any atom is -0.359 e. The number of anilines is 2. The topological polar surface area (TPSA) is 114 Å². The van der Waals surface area contributed by atoms with Crippen molar-refractivity contribution in [2.24, 2.45) is 0 Å². The van der Waals surface area contributed by atoms with Crippen LogP contribution in [0.15, 0.2) is 55.1 Å². The van der Waals surface area contributed by atoms with Crippen molar-refractivity contribution < 1.29 is 22.8 Å². The number of fused-ring (bicyclic) bond motifs is 1. The summed E-state index contributed by atoms with van der Waals surface area (Å²) in [6.45, 7) is 1.98. The Morgan fingerprint density at radius 1 is 0.973 bits per heavy atom. The van der Waals surface area contributed by atoms with E-state index in [4.69, 9.17) is 0 Å². The maximum atomic E-state index is 13.6. The molecule has 0 fully saturated rings. The van der Waals surface area contributed by atoms with Gasteiger partial charge in [-0.25, -0.2) is 19.7 Å². The van der Waals surface area contributed by atoms with Crippen molar-refractivity contribution in [2.45, 2.75) is 32.4 Å². The Morgan fingerprint density at radius 2 is 1.68 bits per heavy atom. The molecule has 0 spiro atoms. The first-order valence-corrected chi connectivity index (χ1v) is 11.5. The number of carbonyl (C=O) groups excluding carboxylic acids is 2. The van der Waals surface area contributed by atoms with Crippen LogP contribution in [-0.4, -0.2) is 38.5 Å². The summed E-state index contributed by atoms with van der Waals surface area (Å²) in [5.74, 6) is -0.360. The molecule has 4 rings (SSSR count). The second-order valence-electron chi connectivity index (χ2n) is 8.13. The number of halogens is 3. The number of carbonyl (C=O) groups is 2. The number of nitrogens with zero attached hydrogens (tertiary/aromatic N) is 4. The second-order valence-corrected chi connectivity index (χ2v) is 8.13. The number of amides is 3. The molecule has 0 saturated heterocycles. The van der Waals surface area contributed by atoms with Crippen molar-refractivity contribution in [1.82, 2.24) is 24.8 Å². The van der Waals surface area contributed by atoms with E-state index in [-0.39, 0.29) is 30.0 Å². The molecule has 0 saturated carbocycles. The van der Waals surface area contributed by atoms with Gasteiger partial charge in [-0.3, -0.25) is 9.36 Å². The number of nitrogens with one attached hydrogen (secondary N) is 3. The van der Waals surface area contributed by atoms with Gasteiger partial charge in [0.25, 0.3) is 0 Å². The number of hydrogen-bond acceptors (Lipinski definition) is 5. The van der Waals surface area contributed by atoms with Gasteiger partial charge in [-0.05, 0) is 54.8 Å². The summed E-state index contributed by atoms with van der Waals surface area (Å²) in [6, 6.07) is 9.62.